The molecule has 19 atom stereocenters. The quantitative estimate of drug-likeness (QED) is 0.0186. The molecule has 9 unspecified atom stereocenters. The van der Waals surface area contributed by atoms with E-state index in [1.807, 2.05) is 22.6 Å². The largest absolute Gasteiger partial charge is 0.507 e. The number of carbonyl (C=O) groups excluding carboxylic acids is 7. The molecule has 24 N–H and O–H groups in total. The maximum atomic E-state index is 15.3. The number of hydrogen-bond donors (Lipinski definition) is 21. The van der Waals surface area contributed by atoms with Gasteiger partial charge in [-0.1, -0.05) is 76.2 Å². The lowest BCUT2D eigenvalue weighted by molar-refractivity contribution is -0.700. The number of aliphatic hydroxyl groups is 10. The number of rotatable bonds is 23. The molecule has 1 aromatic heterocycles. The van der Waals surface area contributed by atoms with Crippen molar-refractivity contribution in [1.29, 1.82) is 0 Å². The number of nitrogens with two attached hydrogens (primary N) is 1. The van der Waals surface area contributed by atoms with Gasteiger partial charge in [0.15, 0.2) is 12.3 Å². The number of H-pyrrole nitrogens is 1. The zero-order chi connectivity index (χ0) is 69.3. The average molecular weight is 1490 g/mol. The van der Waals surface area contributed by atoms with Crippen molar-refractivity contribution in [2.75, 3.05) is 44.4 Å². The van der Waals surface area contributed by atoms with Gasteiger partial charge in [-0.3, -0.25) is 33.6 Å². The number of carbonyl (C=O) groups is 7. The maximum Gasteiger partial charge on any atom is 0.279 e. The molecule has 34 heteroatoms. The lowest BCUT2D eigenvalue weighted by Gasteiger charge is -2.46. The van der Waals surface area contributed by atoms with E-state index >= 15 is 14.4 Å². The first-order chi connectivity index (χ1) is 45.2. The second-order valence-corrected chi connectivity index (χ2v) is 27.5. The molecule has 7 amide bonds. The zero-order valence-electron chi connectivity index (χ0n) is 52.1. The molecule has 3 fully saturated rings. The highest BCUT2D eigenvalue weighted by atomic mass is 127. The number of fused-ring (bicyclic) bond motifs is 1. The van der Waals surface area contributed by atoms with E-state index in [9.17, 15) is 75.3 Å². The number of phenolic OH excluding ortho intramolecular Hbond substituents is 1. The van der Waals surface area contributed by atoms with Crippen LogP contribution in [0.15, 0.2) is 79.0 Å². The molecule has 0 radical (unpaired) electrons. The molecule has 0 spiro atoms. The number of aliphatic hydroxyl groups excluding tert-OH is 9. The highest BCUT2D eigenvalue weighted by Gasteiger charge is 2.55. The number of quaternary nitrogens is 2. The predicted octanol–water partition coefficient (Wildman–Crippen LogP) is -6.98. The van der Waals surface area contributed by atoms with Gasteiger partial charge in [-0.2, -0.15) is 0 Å². The van der Waals surface area contributed by atoms with E-state index in [0.717, 1.165) is 21.6 Å². The first kappa shape index (κ1) is 76.5. The second-order valence-electron chi connectivity index (χ2n) is 23.7. The molecule has 7 rings (SSSR count). The Morgan fingerprint density at radius 2 is 1.46 bits per heavy atom. The van der Waals surface area contributed by atoms with Gasteiger partial charge in [0.25, 0.3) is 5.91 Å². The second kappa shape index (κ2) is 36.1. The Kier molecular flexibility index (Phi) is 29.1. The summed E-state index contributed by atoms with van der Waals surface area (Å²) in [4.78, 5) is 107. The number of phenols is 1. The van der Waals surface area contributed by atoms with Crippen LogP contribution in [0, 0.1) is 3.57 Å². The van der Waals surface area contributed by atoms with Crippen molar-refractivity contribution in [3.8, 4) is 5.75 Å². The number of ether oxygens (including phenoxy) is 3. The smallest absolute Gasteiger partial charge is 0.279 e. The van der Waals surface area contributed by atoms with Crippen LogP contribution in [-0.2, 0) is 67.0 Å². The number of nitrogens with one attached hydrogen (secondary N) is 8. The van der Waals surface area contributed by atoms with E-state index in [4.69, 9.17) is 14.2 Å². The summed E-state index contributed by atoms with van der Waals surface area (Å²) in [6, 6.07) is 8.05. The highest BCUT2D eigenvalue weighted by molar-refractivity contribution is 14.1. The van der Waals surface area contributed by atoms with Gasteiger partial charge in [-0.05, 0) is 90.6 Å². The van der Waals surface area contributed by atoms with Crippen LogP contribution in [0.4, 0.5) is 0 Å². The number of aromatic amines is 1. The van der Waals surface area contributed by atoms with E-state index in [2.05, 4.69) is 47.9 Å². The van der Waals surface area contributed by atoms with E-state index in [-0.39, 0.29) is 42.9 Å². The van der Waals surface area contributed by atoms with Gasteiger partial charge >= 0.3 is 0 Å². The van der Waals surface area contributed by atoms with Gasteiger partial charge in [0.05, 0.1) is 48.2 Å². The molecule has 95 heavy (non-hydrogen) atoms. The Morgan fingerprint density at radius 1 is 0.800 bits per heavy atom. The fraction of sp³-hybridized carbons (Fsp3) is 0.557. The van der Waals surface area contributed by atoms with Gasteiger partial charge in [0, 0.05) is 47.9 Å². The fourth-order valence-corrected chi connectivity index (χ4v) is 13.8. The molecule has 0 aliphatic carbocycles. The number of halogens is 1. The van der Waals surface area contributed by atoms with Gasteiger partial charge in [-0.15, -0.1) is 0 Å². The molecular weight excluding hydrogens is 1400 g/mol. The van der Waals surface area contributed by atoms with Crippen molar-refractivity contribution in [1.82, 2.24) is 42.2 Å². The third kappa shape index (κ3) is 20.8. The molecule has 3 aliphatic rings. The van der Waals surface area contributed by atoms with Crippen LogP contribution < -0.4 is 48.3 Å². The average Bonchev–Trinajstić information content (AvgIpc) is 1.82. The van der Waals surface area contributed by atoms with Crippen LogP contribution in [-0.4, -0.2) is 262 Å². The summed E-state index contributed by atoms with van der Waals surface area (Å²) in [5.41, 5.74) is 6.10. The van der Waals surface area contributed by atoms with Crippen LogP contribution >= 0.6 is 44.2 Å². The monoisotopic (exact) mass is 1490 g/mol. The zero-order valence-corrected chi connectivity index (χ0v) is 55.9. The Morgan fingerprint density at radius 3 is 2.14 bits per heavy atom. The summed E-state index contributed by atoms with van der Waals surface area (Å²) in [6.07, 6.45) is -15.7. The van der Waals surface area contributed by atoms with Crippen molar-refractivity contribution in [3.63, 3.8) is 0 Å². The van der Waals surface area contributed by atoms with Crippen LogP contribution in [0.3, 0.4) is 0 Å². The topological polar surface area (TPSA) is 514 Å². The molecule has 3 aromatic carbocycles. The van der Waals surface area contributed by atoms with E-state index in [0.29, 0.717) is 50.5 Å². The van der Waals surface area contributed by atoms with Crippen LogP contribution in [0.2, 0.25) is 0 Å². The van der Waals surface area contributed by atoms with E-state index in [1.165, 1.54) is 31.3 Å². The summed E-state index contributed by atoms with van der Waals surface area (Å²) in [5.74, 6) is -10.1. The fourth-order valence-electron chi connectivity index (χ4n) is 10.9. The minimum atomic E-state index is -2.66. The number of aromatic nitrogens is 1. The Hall–Kier alpha value is -5.88. The van der Waals surface area contributed by atoms with Gasteiger partial charge < -0.3 is 124 Å². The molecule has 524 valence electrons. The molecule has 0 saturated carbocycles. The number of unbranched alkanes of at least 4 members (excludes halogenated alkanes) is 1. The molecule has 3 saturated heterocycles. The molecule has 31 nitrogen and oxygen atoms in total. The first-order valence-corrected chi connectivity index (χ1v) is 34.5. The lowest BCUT2D eigenvalue weighted by atomic mass is 9.95. The molecule has 3 aliphatic heterocycles. The van der Waals surface area contributed by atoms with Crippen molar-refractivity contribution in [2.45, 2.75) is 168 Å². The SMILES string of the molecule is CC(O)[C@@H]1NC(=O)[C@H](CCCC[NH3+])NC(=O)[C@@H](Cc2c[nH]c3ccccc23)NC(=O)[C@H](Cc2ccc(O)c(I)c2)NC(=O)C(NC(=O)C(Cc2ccccc2)[NH2+]CC2(O)OCC(O)[C@@H](O[C@@H]3OC(CO)[C@@H](O)[C@H](O)C3O)C2O)CSSC[C@@H](C(=O)N[C@H](CO)C(C)O)NC1=O. The van der Waals surface area contributed by atoms with Crippen molar-refractivity contribution < 1.29 is 115 Å². The number of aromatic hydroxyl groups is 1. The van der Waals surface area contributed by atoms with Crippen molar-refractivity contribution in [2.24, 2.45) is 0 Å². The summed E-state index contributed by atoms with van der Waals surface area (Å²) in [7, 11) is 1.80. The van der Waals surface area contributed by atoms with Crippen LogP contribution in [0.1, 0.15) is 49.8 Å². The predicted molar refractivity (Wildman–Crippen MR) is 349 cm³/mol. The number of hydrogen-bond acceptors (Lipinski definition) is 23. The Bertz CT molecular complexity index is 3220. The summed E-state index contributed by atoms with van der Waals surface area (Å²) >= 11 is 1.88. The van der Waals surface area contributed by atoms with E-state index < -0.39 is 183 Å². The van der Waals surface area contributed by atoms with Gasteiger partial charge in [0.1, 0.15) is 91.3 Å². The maximum absolute atomic E-state index is 15.3. The Balaban J connectivity index is 1.27. The molecule has 4 heterocycles. The first-order valence-electron chi connectivity index (χ1n) is 31.0. The standard InChI is InChI=1S/C61H85IN10O21S2/c1-29(75)41(23-73)69-58(88)43-27-95-94-26-42(70-54(84)38(19-31-10-4-3-5-11-31)65-28-61(90)52(82)51(45(78)25-91-61)93-60-50(81)49(80)48(79)46(24-74)92-60)57(87)67-39(20-32-15-16-44(77)35(62)18-32)55(85)68-40(21-33-22-64-36-13-7-6-12-34(33)36)56(86)66-37(14-8-9-17-63)53(83)72-47(30(2)76)59(89)71-43/h3-7,10-13,15-16,18,22,29-30,37-43,45-52,60,64-65,73-82,90H,8-9,14,17,19-21,23-28,63H2,1-2H3,(H,66,86)(H,67,87)(H,68,85)(H,69,88)(H,70,84)(H,71,89)(H,72,83)/p+2/t29?,30?,37-,38?,39-,40+,41+,42?,43-,45?,46?,47-,48+,49-,50?,51+,52?,60-,61?/m0/s1. The van der Waals surface area contributed by atoms with Crippen molar-refractivity contribution >= 4 is 96.4 Å². The molecular formula is C61H87IN10O21S2+2. The minimum Gasteiger partial charge on any atom is -0.507 e. The van der Waals surface area contributed by atoms with Gasteiger partial charge in [0.2, 0.25) is 41.2 Å². The normalized spacial score (nSPS) is 29.9. The summed E-state index contributed by atoms with van der Waals surface area (Å²) in [5, 5.41) is 139. The minimum absolute atomic E-state index is 0.0181. The molecule has 4 aromatic rings. The third-order valence-corrected chi connectivity index (χ3v) is 19.8. The highest BCUT2D eigenvalue weighted by Crippen LogP contribution is 2.31. The summed E-state index contributed by atoms with van der Waals surface area (Å²) in [6.45, 7) is -0.000271. The third-order valence-electron chi connectivity index (χ3n) is 16.6. The lowest BCUT2D eigenvalue weighted by Crippen LogP contribution is -2.97. The summed E-state index contributed by atoms with van der Waals surface area (Å²) < 4.78 is 17.1. The number of benzene rings is 3. The number of para-hydroxylation sites is 1. The van der Waals surface area contributed by atoms with Crippen LogP contribution in [0.25, 0.3) is 10.9 Å². The number of amides is 7. The van der Waals surface area contributed by atoms with E-state index in [1.54, 1.807) is 66.9 Å². The molecule has 0 bridgehead atoms. The van der Waals surface area contributed by atoms with Gasteiger partial charge in [-0.25, -0.2) is 0 Å². The van der Waals surface area contributed by atoms with Crippen LogP contribution in [0.5, 0.6) is 5.75 Å². The van der Waals surface area contributed by atoms with Crippen molar-refractivity contribution in [3.05, 3.63) is 99.3 Å². The Labute approximate surface area is 567 Å².